The van der Waals surface area contributed by atoms with Crippen LogP contribution >= 0.6 is 0 Å². The number of benzene rings is 2. The molecule has 3 aromatic rings. The third-order valence-electron chi connectivity index (χ3n) is 4.32. The van der Waals surface area contributed by atoms with E-state index in [2.05, 4.69) is 15.3 Å². The smallest absolute Gasteiger partial charge is 0.271 e. The van der Waals surface area contributed by atoms with Crippen LogP contribution in [0.2, 0.25) is 0 Å². The van der Waals surface area contributed by atoms with Gasteiger partial charge in [-0.25, -0.2) is 9.97 Å². The van der Waals surface area contributed by atoms with Crippen molar-refractivity contribution in [1.29, 1.82) is 0 Å². The van der Waals surface area contributed by atoms with Gasteiger partial charge in [0, 0.05) is 18.6 Å². The number of hydrogen-bond acceptors (Lipinski definition) is 8. The number of nitrogens with two attached hydrogens (primary N) is 1. The summed E-state index contributed by atoms with van der Waals surface area (Å²) in [6.07, 6.45) is -0.0878. The predicted molar refractivity (Wildman–Crippen MR) is 113 cm³/mol. The number of carbonyl (C=O) groups is 1. The summed E-state index contributed by atoms with van der Waals surface area (Å²) >= 11 is 0. The lowest BCUT2D eigenvalue weighted by atomic mass is 10.2. The van der Waals surface area contributed by atoms with Crippen molar-refractivity contribution in [3.8, 4) is 17.2 Å². The number of para-hydroxylation sites is 2. The first-order valence-electron chi connectivity index (χ1n) is 9.33. The molecular formula is C21H24N4O5. The Labute approximate surface area is 173 Å². The lowest BCUT2D eigenvalue weighted by Crippen LogP contribution is -2.17. The van der Waals surface area contributed by atoms with Gasteiger partial charge in [0.1, 0.15) is 5.75 Å². The van der Waals surface area contributed by atoms with Gasteiger partial charge in [-0.2, -0.15) is 0 Å². The molecule has 9 heteroatoms. The number of aliphatic hydroxyl groups is 1. The van der Waals surface area contributed by atoms with E-state index in [1.165, 1.54) is 14.2 Å². The lowest BCUT2D eigenvalue weighted by molar-refractivity contribution is 0.0996. The molecule has 0 saturated carbocycles. The molecular weight excluding hydrogens is 388 g/mol. The molecule has 0 saturated heterocycles. The highest BCUT2D eigenvalue weighted by atomic mass is 16.5. The Hall–Kier alpha value is -3.59. The van der Waals surface area contributed by atoms with E-state index in [-0.39, 0.29) is 18.1 Å². The number of carbonyl (C=O) groups excluding carboxylic acids is 1. The van der Waals surface area contributed by atoms with E-state index in [0.717, 1.165) is 0 Å². The average Bonchev–Trinajstić information content (AvgIpc) is 2.73. The van der Waals surface area contributed by atoms with Crippen molar-refractivity contribution in [3.05, 3.63) is 42.1 Å². The molecule has 0 radical (unpaired) electrons. The summed E-state index contributed by atoms with van der Waals surface area (Å²) in [6, 6.07) is 10.5. The van der Waals surface area contributed by atoms with Crippen LogP contribution in [0, 0.1) is 0 Å². The van der Waals surface area contributed by atoms with Gasteiger partial charge in [0.05, 0.1) is 43.7 Å². The SMILES string of the molecule is COc1cc(Nc2nc3ccccc3nc2C(N)=O)c(OCCC(C)O)c(OC)c1. The Kier molecular flexibility index (Phi) is 6.53. The number of hydrogen-bond donors (Lipinski definition) is 3. The monoisotopic (exact) mass is 412 g/mol. The minimum atomic E-state index is -0.720. The Balaban J connectivity index is 2.08. The molecule has 1 atom stereocenters. The maximum atomic E-state index is 12.0. The first-order valence-corrected chi connectivity index (χ1v) is 9.33. The molecule has 0 aliphatic carbocycles. The van der Waals surface area contributed by atoms with Gasteiger partial charge in [-0.15, -0.1) is 0 Å². The summed E-state index contributed by atoms with van der Waals surface area (Å²) < 4.78 is 16.6. The molecule has 3 rings (SSSR count). The van der Waals surface area contributed by atoms with Gasteiger partial charge in [-0.05, 0) is 19.1 Å². The second-order valence-corrected chi connectivity index (χ2v) is 6.59. The van der Waals surface area contributed by atoms with E-state index in [1.54, 1.807) is 37.3 Å². The number of primary amides is 1. The minimum absolute atomic E-state index is 0.00887. The summed E-state index contributed by atoms with van der Waals surface area (Å²) in [5.74, 6) is 0.756. The number of amides is 1. The van der Waals surface area contributed by atoms with Crippen molar-refractivity contribution in [2.75, 3.05) is 26.1 Å². The summed E-state index contributed by atoms with van der Waals surface area (Å²) in [5, 5.41) is 12.6. The molecule has 1 heterocycles. The van der Waals surface area contributed by atoms with Crippen LogP contribution in [0.15, 0.2) is 36.4 Å². The molecule has 1 unspecified atom stereocenters. The number of aliphatic hydroxyl groups excluding tert-OH is 1. The maximum Gasteiger partial charge on any atom is 0.271 e. The standard InChI is InChI=1S/C21H24N4O5/c1-12(26)8-9-30-19-16(10-13(28-2)11-17(19)29-3)25-21-18(20(22)27)23-14-6-4-5-7-15(14)24-21/h4-7,10-12,26H,8-9H2,1-3H3,(H2,22,27)(H,24,25). The normalized spacial score (nSPS) is 11.7. The molecule has 0 spiro atoms. The van der Waals surface area contributed by atoms with E-state index in [4.69, 9.17) is 19.9 Å². The topological polar surface area (TPSA) is 129 Å². The van der Waals surface area contributed by atoms with Crippen LogP contribution in [0.4, 0.5) is 11.5 Å². The van der Waals surface area contributed by atoms with Crippen LogP contribution in [-0.4, -0.2) is 47.9 Å². The third-order valence-corrected chi connectivity index (χ3v) is 4.32. The van der Waals surface area contributed by atoms with Gasteiger partial charge >= 0.3 is 0 Å². The van der Waals surface area contributed by atoms with Crippen molar-refractivity contribution < 1.29 is 24.1 Å². The van der Waals surface area contributed by atoms with Crippen LogP contribution < -0.4 is 25.3 Å². The molecule has 0 fully saturated rings. The number of nitrogens with one attached hydrogen (secondary N) is 1. The molecule has 0 aliphatic rings. The first kappa shape index (κ1) is 21.1. The van der Waals surface area contributed by atoms with Gasteiger partial charge in [-0.3, -0.25) is 4.79 Å². The number of nitrogens with zero attached hydrogens (tertiary/aromatic N) is 2. The predicted octanol–water partition coefficient (Wildman–Crippen LogP) is 2.64. The van der Waals surface area contributed by atoms with E-state index >= 15 is 0 Å². The van der Waals surface area contributed by atoms with E-state index in [9.17, 15) is 9.90 Å². The fourth-order valence-electron chi connectivity index (χ4n) is 2.81. The highest BCUT2D eigenvalue weighted by Gasteiger charge is 2.19. The van der Waals surface area contributed by atoms with Crippen molar-refractivity contribution in [2.24, 2.45) is 5.73 Å². The van der Waals surface area contributed by atoms with Gasteiger partial charge < -0.3 is 30.4 Å². The fraction of sp³-hybridized carbons (Fsp3) is 0.286. The first-order chi connectivity index (χ1) is 14.4. The average molecular weight is 412 g/mol. The lowest BCUT2D eigenvalue weighted by Gasteiger charge is -2.18. The number of methoxy groups -OCH3 is 2. The molecule has 30 heavy (non-hydrogen) atoms. The van der Waals surface area contributed by atoms with Crippen LogP contribution in [-0.2, 0) is 0 Å². The summed E-state index contributed by atoms with van der Waals surface area (Å²) in [5.41, 5.74) is 7.12. The van der Waals surface area contributed by atoms with Gasteiger partial charge in [-0.1, -0.05) is 12.1 Å². The zero-order valence-corrected chi connectivity index (χ0v) is 17.0. The molecule has 9 nitrogen and oxygen atoms in total. The number of anilines is 2. The van der Waals surface area contributed by atoms with E-state index in [0.29, 0.717) is 40.4 Å². The Morgan fingerprint density at radius 1 is 1.17 bits per heavy atom. The Morgan fingerprint density at radius 2 is 1.87 bits per heavy atom. The van der Waals surface area contributed by atoms with Crippen molar-refractivity contribution in [3.63, 3.8) is 0 Å². The quantitative estimate of drug-likeness (QED) is 0.489. The number of rotatable bonds is 9. The van der Waals surface area contributed by atoms with Gasteiger partial charge in [0.15, 0.2) is 23.0 Å². The molecule has 0 bridgehead atoms. The largest absolute Gasteiger partial charge is 0.497 e. The van der Waals surface area contributed by atoms with Crippen LogP contribution in [0.1, 0.15) is 23.8 Å². The fourth-order valence-corrected chi connectivity index (χ4v) is 2.81. The highest BCUT2D eigenvalue weighted by molar-refractivity contribution is 5.98. The molecule has 0 aliphatic heterocycles. The zero-order chi connectivity index (χ0) is 21.7. The summed E-state index contributed by atoms with van der Waals surface area (Å²) in [4.78, 5) is 20.8. The number of aromatic nitrogens is 2. The second kappa shape index (κ2) is 9.27. The van der Waals surface area contributed by atoms with Crippen molar-refractivity contribution in [1.82, 2.24) is 9.97 Å². The number of ether oxygens (including phenoxy) is 3. The Morgan fingerprint density at radius 3 is 2.47 bits per heavy atom. The third kappa shape index (κ3) is 4.69. The van der Waals surface area contributed by atoms with Crippen molar-refractivity contribution in [2.45, 2.75) is 19.4 Å². The zero-order valence-electron chi connectivity index (χ0n) is 17.0. The summed E-state index contributed by atoms with van der Waals surface area (Å²) in [7, 11) is 3.03. The molecule has 158 valence electrons. The van der Waals surface area contributed by atoms with Crippen LogP contribution in [0.25, 0.3) is 11.0 Å². The molecule has 1 aromatic heterocycles. The maximum absolute atomic E-state index is 12.0. The van der Waals surface area contributed by atoms with Crippen LogP contribution in [0.5, 0.6) is 17.2 Å². The molecule has 1 amide bonds. The Bertz CT molecular complexity index is 1050. The van der Waals surface area contributed by atoms with Gasteiger partial charge in [0.2, 0.25) is 0 Å². The molecule has 2 aromatic carbocycles. The van der Waals surface area contributed by atoms with Crippen LogP contribution in [0.3, 0.4) is 0 Å². The second-order valence-electron chi connectivity index (χ2n) is 6.59. The van der Waals surface area contributed by atoms with Crippen molar-refractivity contribution >= 4 is 28.4 Å². The minimum Gasteiger partial charge on any atom is -0.497 e. The highest BCUT2D eigenvalue weighted by Crippen LogP contribution is 2.41. The van der Waals surface area contributed by atoms with E-state index < -0.39 is 12.0 Å². The summed E-state index contributed by atoms with van der Waals surface area (Å²) in [6.45, 7) is 1.93. The number of fused-ring (bicyclic) bond motifs is 1. The molecule has 4 N–H and O–H groups in total. The van der Waals surface area contributed by atoms with Gasteiger partial charge in [0.25, 0.3) is 5.91 Å². The van der Waals surface area contributed by atoms with E-state index in [1.807, 2.05) is 6.07 Å².